The van der Waals surface area contributed by atoms with Crippen molar-refractivity contribution < 1.29 is 24.3 Å². The third-order valence-corrected chi connectivity index (χ3v) is 7.28. The first-order valence-corrected chi connectivity index (χ1v) is 13.4. The summed E-state index contributed by atoms with van der Waals surface area (Å²) in [5.41, 5.74) is 5.38. The number of hydrogen-bond acceptors (Lipinski definition) is 7. The lowest BCUT2D eigenvalue weighted by molar-refractivity contribution is -0.130. The smallest absolute Gasteiger partial charge is 0.255 e. The number of amides is 3. The standard InChI is InChI=1S/C31H31N5O5/c1-20-15-24(26-6-2-3-7-27(26)33-20)19-41-25-10-8-21(9-11-25)30(38)34-28-18-36(14-12-22(28)16-29(37)35-40)31(39)23-5-4-13-32-17-23/h2-11,13,15,17,22,28,40H,12,14,16,18-19H2,1H3,(H,34,38)(H,35,37)/t22-,28+/m0/s1. The Hall–Kier alpha value is -4.83. The maximum atomic E-state index is 13.2. The molecule has 1 saturated heterocycles. The van der Waals surface area contributed by atoms with E-state index in [9.17, 15) is 14.4 Å². The quantitative estimate of drug-likeness (QED) is 0.224. The molecule has 1 aliphatic rings. The molecule has 0 unspecified atom stereocenters. The van der Waals surface area contributed by atoms with E-state index in [0.29, 0.717) is 36.4 Å². The van der Waals surface area contributed by atoms with Crippen LogP contribution >= 0.6 is 0 Å². The second kappa shape index (κ2) is 12.6. The minimum absolute atomic E-state index is 0.0201. The molecule has 3 amide bonds. The summed E-state index contributed by atoms with van der Waals surface area (Å²) in [6.07, 6.45) is 3.60. The molecule has 41 heavy (non-hydrogen) atoms. The van der Waals surface area contributed by atoms with Crippen LogP contribution in [0.4, 0.5) is 0 Å². The number of para-hydroxylation sites is 1. The number of aromatic nitrogens is 2. The molecule has 1 aliphatic heterocycles. The number of nitrogens with one attached hydrogen (secondary N) is 2. The lowest BCUT2D eigenvalue weighted by Crippen LogP contribution is -2.54. The largest absolute Gasteiger partial charge is 0.489 e. The van der Waals surface area contributed by atoms with Gasteiger partial charge in [0.15, 0.2) is 0 Å². The fourth-order valence-corrected chi connectivity index (χ4v) is 5.18. The molecule has 0 bridgehead atoms. The number of carbonyl (C=O) groups is 3. The van der Waals surface area contributed by atoms with E-state index in [-0.39, 0.29) is 30.7 Å². The molecule has 10 heteroatoms. The Balaban J connectivity index is 1.25. The average molecular weight is 554 g/mol. The van der Waals surface area contributed by atoms with Gasteiger partial charge >= 0.3 is 0 Å². The Morgan fingerprint density at radius 1 is 1.05 bits per heavy atom. The van der Waals surface area contributed by atoms with Crippen LogP contribution in [0.15, 0.2) is 79.1 Å². The molecule has 0 aliphatic carbocycles. The molecule has 2 aromatic carbocycles. The van der Waals surface area contributed by atoms with Crippen molar-refractivity contribution in [3.63, 3.8) is 0 Å². The van der Waals surface area contributed by atoms with Crippen LogP contribution in [0.5, 0.6) is 5.75 Å². The first-order chi connectivity index (χ1) is 19.9. The third-order valence-electron chi connectivity index (χ3n) is 7.28. The fourth-order valence-electron chi connectivity index (χ4n) is 5.18. The van der Waals surface area contributed by atoms with Gasteiger partial charge in [-0.25, -0.2) is 5.48 Å². The van der Waals surface area contributed by atoms with E-state index >= 15 is 0 Å². The summed E-state index contributed by atoms with van der Waals surface area (Å²) in [6.45, 7) is 2.95. The maximum absolute atomic E-state index is 13.2. The number of aryl methyl sites for hydroxylation is 1. The highest BCUT2D eigenvalue weighted by atomic mass is 16.5. The second-order valence-corrected chi connectivity index (χ2v) is 10.1. The van der Waals surface area contributed by atoms with Crippen LogP contribution in [-0.4, -0.2) is 56.9 Å². The van der Waals surface area contributed by atoms with Crippen molar-refractivity contribution in [1.82, 2.24) is 25.7 Å². The van der Waals surface area contributed by atoms with Crippen LogP contribution in [-0.2, 0) is 11.4 Å². The summed E-state index contributed by atoms with van der Waals surface area (Å²) in [4.78, 5) is 48.4. The highest BCUT2D eigenvalue weighted by Crippen LogP contribution is 2.24. The van der Waals surface area contributed by atoms with Crippen molar-refractivity contribution in [1.29, 1.82) is 0 Å². The first-order valence-electron chi connectivity index (χ1n) is 13.4. The molecule has 0 saturated carbocycles. The van der Waals surface area contributed by atoms with Gasteiger partial charge in [-0.15, -0.1) is 0 Å². The van der Waals surface area contributed by atoms with Crippen molar-refractivity contribution in [2.75, 3.05) is 13.1 Å². The van der Waals surface area contributed by atoms with Crippen molar-refractivity contribution in [2.24, 2.45) is 5.92 Å². The lowest BCUT2D eigenvalue weighted by atomic mass is 9.87. The van der Waals surface area contributed by atoms with Gasteiger partial charge in [0, 0.05) is 54.1 Å². The zero-order valence-corrected chi connectivity index (χ0v) is 22.6. The van der Waals surface area contributed by atoms with Crippen LogP contribution in [0.1, 0.15) is 44.8 Å². The Labute approximate surface area is 237 Å². The van der Waals surface area contributed by atoms with E-state index in [1.165, 1.54) is 6.20 Å². The Bertz CT molecular complexity index is 1540. The number of likely N-dealkylation sites (tertiary alicyclic amines) is 1. The van der Waals surface area contributed by atoms with Crippen molar-refractivity contribution in [3.05, 3.63) is 102 Å². The number of benzene rings is 2. The monoisotopic (exact) mass is 553 g/mol. The predicted octanol–water partition coefficient (Wildman–Crippen LogP) is 3.67. The van der Waals surface area contributed by atoms with E-state index < -0.39 is 11.9 Å². The van der Waals surface area contributed by atoms with Crippen molar-refractivity contribution >= 4 is 28.6 Å². The molecule has 2 atom stereocenters. The van der Waals surface area contributed by atoms with E-state index in [2.05, 4.69) is 15.3 Å². The first kappa shape index (κ1) is 27.7. The van der Waals surface area contributed by atoms with Gasteiger partial charge in [-0.1, -0.05) is 18.2 Å². The van der Waals surface area contributed by atoms with Gasteiger partial charge in [-0.05, 0) is 67.8 Å². The molecule has 1 fully saturated rings. The molecule has 5 rings (SSSR count). The van der Waals surface area contributed by atoms with Gasteiger partial charge in [0.25, 0.3) is 11.8 Å². The highest BCUT2D eigenvalue weighted by Gasteiger charge is 2.34. The summed E-state index contributed by atoms with van der Waals surface area (Å²) in [5, 5.41) is 13.1. The molecule has 210 valence electrons. The zero-order chi connectivity index (χ0) is 28.8. The van der Waals surface area contributed by atoms with Gasteiger partial charge in [0.1, 0.15) is 12.4 Å². The van der Waals surface area contributed by atoms with Gasteiger partial charge < -0.3 is 15.0 Å². The SMILES string of the molecule is Cc1cc(COc2ccc(C(=O)N[C@@H]3CN(C(=O)c4cccnc4)CC[C@H]3CC(=O)NO)cc2)c2ccccc2n1. The number of hydrogen-bond donors (Lipinski definition) is 3. The minimum atomic E-state index is -0.542. The molecule has 4 aromatic rings. The minimum Gasteiger partial charge on any atom is -0.489 e. The van der Waals surface area contributed by atoms with Crippen molar-refractivity contribution in [3.8, 4) is 5.75 Å². The van der Waals surface area contributed by atoms with Crippen molar-refractivity contribution in [2.45, 2.75) is 32.4 Å². The van der Waals surface area contributed by atoms with E-state index in [0.717, 1.165) is 22.2 Å². The number of fused-ring (bicyclic) bond motifs is 1. The topological polar surface area (TPSA) is 134 Å². The molecule has 10 nitrogen and oxygen atoms in total. The molecule has 0 radical (unpaired) electrons. The molecule has 3 N–H and O–H groups in total. The summed E-state index contributed by atoms with van der Waals surface area (Å²) >= 11 is 0. The fraction of sp³-hybridized carbons (Fsp3) is 0.258. The highest BCUT2D eigenvalue weighted by molar-refractivity contribution is 5.95. The zero-order valence-electron chi connectivity index (χ0n) is 22.6. The number of rotatable bonds is 8. The maximum Gasteiger partial charge on any atom is 0.255 e. The average Bonchev–Trinajstić information content (AvgIpc) is 3.00. The number of pyridine rings is 2. The predicted molar refractivity (Wildman–Crippen MR) is 151 cm³/mol. The lowest BCUT2D eigenvalue weighted by Gasteiger charge is -2.38. The number of nitrogens with zero attached hydrogens (tertiary/aromatic N) is 3. The van der Waals surface area contributed by atoms with Crippen LogP contribution in [0, 0.1) is 12.8 Å². The summed E-state index contributed by atoms with van der Waals surface area (Å²) in [7, 11) is 0. The molecule has 2 aromatic heterocycles. The van der Waals surface area contributed by atoms with Crippen LogP contribution in [0.25, 0.3) is 10.9 Å². The Kier molecular flexibility index (Phi) is 8.50. The van der Waals surface area contributed by atoms with Gasteiger partial charge in [0.2, 0.25) is 5.91 Å². The second-order valence-electron chi connectivity index (χ2n) is 10.1. The van der Waals surface area contributed by atoms with Gasteiger partial charge in [0.05, 0.1) is 17.1 Å². The normalized spacial score (nSPS) is 16.7. The van der Waals surface area contributed by atoms with E-state index in [4.69, 9.17) is 9.94 Å². The van der Waals surface area contributed by atoms with Crippen LogP contribution in [0.3, 0.4) is 0 Å². The van der Waals surface area contributed by atoms with E-state index in [1.807, 2.05) is 37.3 Å². The van der Waals surface area contributed by atoms with E-state index in [1.54, 1.807) is 53.0 Å². The van der Waals surface area contributed by atoms with Crippen LogP contribution < -0.4 is 15.5 Å². The molecule has 0 spiro atoms. The summed E-state index contributed by atoms with van der Waals surface area (Å²) < 4.78 is 6.02. The Morgan fingerprint density at radius 3 is 2.61 bits per heavy atom. The number of carbonyl (C=O) groups excluding carboxylic acids is 3. The number of ether oxygens (including phenoxy) is 1. The number of hydroxylamine groups is 1. The summed E-state index contributed by atoms with van der Waals surface area (Å²) in [5.74, 6) is -0.711. The molecule has 3 heterocycles. The Morgan fingerprint density at radius 2 is 1.85 bits per heavy atom. The third kappa shape index (κ3) is 6.67. The van der Waals surface area contributed by atoms with Gasteiger partial charge in [-0.2, -0.15) is 0 Å². The molecular formula is C31H31N5O5. The number of piperidine rings is 1. The summed E-state index contributed by atoms with van der Waals surface area (Å²) in [6, 6.07) is 19.6. The molecular weight excluding hydrogens is 522 g/mol. The van der Waals surface area contributed by atoms with Gasteiger partial charge in [-0.3, -0.25) is 29.6 Å². The van der Waals surface area contributed by atoms with Crippen LogP contribution in [0.2, 0.25) is 0 Å².